The summed E-state index contributed by atoms with van der Waals surface area (Å²) in [5, 5.41) is 2.91. The van der Waals surface area contributed by atoms with E-state index in [1.807, 2.05) is 21.1 Å². The first-order chi connectivity index (χ1) is 19.1. The van der Waals surface area contributed by atoms with Gasteiger partial charge in [-0.15, -0.1) is 0 Å². The predicted molar refractivity (Wildman–Crippen MR) is 166 cm³/mol. The van der Waals surface area contributed by atoms with Gasteiger partial charge in [-0.2, -0.15) is 0 Å². The number of likely N-dealkylation sites (N-methyl/N-ethyl adjacent to an activating group) is 1. The lowest BCUT2D eigenvalue weighted by Gasteiger charge is -2.24. The quantitative estimate of drug-likeness (QED) is 0.0502. The summed E-state index contributed by atoms with van der Waals surface area (Å²) in [5.74, 6) is -0.0109. The van der Waals surface area contributed by atoms with E-state index in [1.165, 1.54) is 83.5 Å². The van der Waals surface area contributed by atoms with E-state index in [1.54, 1.807) is 0 Å². The molecule has 0 radical (unpaired) electrons. The van der Waals surface area contributed by atoms with Gasteiger partial charge < -0.3 is 19.4 Å². The molecule has 0 saturated carbocycles. The highest BCUT2D eigenvalue weighted by Gasteiger charge is 2.25. The van der Waals surface area contributed by atoms with Crippen LogP contribution >= 0.6 is 7.82 Å². The highest BCUT2D eigenvalue weighted by atomic mass is 31.2. The van der Waals surface area contributed by atoms with Crippen LogP contribution in [0.5, 0.6) is 0 Å². The number of phosphoric acid groups is 1. The summed E-state index contributed by atoms with van der Waals surface area (Å²) < 4.78 is 29.0. The van der Waals surface area contributed by atoms with Gasteiger partial charge in [-0.1, -0.05) is 117 Å². The third-order valence-electron chi connectivity index (χ3n) is 7.08. The molecule has 0 bridgehead atoms. The summed E-state index contributed by atoms with van der Waals surface area (Å²) in [5.41, 5.74) is 0. The zero-order valence-corrected chi connectivity index (χ0v) is 27.8. The molecule has 0 heterocycles. The minimum Gasteiger partial charge on any atom is -0.374 e. The lowest BCUT2D eigenvalue weighted by molar-refractivity contribution is -0.870. The van der Waals surface area contributed by atoms with Crippen LogP contribution in [0.2, 0.25) is 0 Å². The highest BCUT2D eigenvalue weighted by molar-refractivity contribution is 7.47. The molecule has 40 heavy (non-hydrogen) atoms. The fraction of sp³-hybridized carbons (Fsp3) is 0.968. The number of nitrogens with zero attached hydrogens (tertiary/aromatic N) is 1. The summed E-state index contributed by atoms with van der Waals surface area (Å²) in [7, 11) is 1.77. The first-order valence-electron chi connectivity index (χ1n) is 16.4. The van der Waals surface area contributed by atoms with Crippen LogP contribution in [0.3, 0.4) is 0 Å². The summed E-state index contributed by atoms with van der Waals surface area (Å²) in [6.45, 7) is 5.76. The van der Waals surface area contributed by atoms with E-state index < -0.39 is 13.9 Å². The monoisotopic (exact) mass is 593 g/mol. The van der Waals surface area contributed by atoms with Gasteiger partial charge in [0.25, 0.3) is 0 Å². The Balaban J connectivity index is 3.99. The molecule has 0 aliphatic heterocycles. The molecular formula is C31H66N2O6P+. The van der Waals surface area contributed by atoms with Crippen LogP contribution in [0.25, 0.3) is 0 Å². The van der Waals surface area contributed by atoms with Crippen molar-refractivity contribution in [2.24, 2.45) is 0 Å². The average molecular weight is 594 g/mol. The van der Waals surface area contributed by atoms with Crippen LogP contribution in [0.15, 0.2) is 0 Å². The molecular weight excluding hydrogens is 527 g/mol. The number of nitrogens with one attached hydrogen (secondary N) is 1. The number of unbranched alkanes of at least 4 members (excludes halogenated alkanes) is 16. The molecule has 0 aliphatic carbocycles. The fourth-order valence-corrected chi connectivity index (χ4v) is 5.13. The first-order valence-corrected chi connectivity index (χ1v) is 17.9. The van der Waals surface area contributed by atoms with E-state index in [0.717, 1.165) is 32.1 Å². The van der Waals surface area contributed by atoms with Gasteiger partial charge in [0.1, 0.15) is 13.2 Å². The number of rotatable bonds is 30. The van der Waals surface area contributed by atoms with Gasteiger partial charge in [0, 0.05) is 19.6 Å². The Morgan fingerprint density at radius 2 is 1.20 bits per heavy atom. The Bertz CT molecular complexity index is 629. The zero-order chi connectivity index (χ0) is 30.0. The van der Waals surface area contributed by atoms with Gasteiger partial charge in [-0.3, -0.25) is 13.8 Å². The van der Waals surface area contributed by atoms with Crippen molar-refractivity contribution in [3.63, 3.8) is 0 Å². The first kappa shape index (κ1) is 39.5. The van der Waals surface area contributed by atoms with Crippen LogP contribution < -0.4 is 5.32 Å². The smallest absolute Gasteiger partial charge is 0.374 e. The fourth-order valence-electron chi connectivity index (χ4n) is 4.39. The van der Waals surface area contributed by atoms with Crippen molar-refractivity contribution >= 4 is 13.7 Å². The minimum absolute atomic E-state index is 0.0109. The lowest BCUT2D eigenvalue weighted by atomic mass is 10.0. The SMILES string of the molecule is CCCCCCCCCCCCCCCCCC(=O)NCC(COP(=O)(O)OCC[N+](C)(C)C)OCCCCC. The maximum atomic E-state index is 12.4. The van der Waals surface area contributed by atoms with Crippen molar-refractivity contribution in [3.8, 4) is 0 Å². The van der Waals surface area contributed by atoms with Gasteiger partial charge >= 0.3 is 7.82 Å². The molecule has 2 N–H and O–H groups in total. The normalized spacial score (nSPS) is 14.2. The van der Waals surface area contributed by atoms with Gasteiger partial charge in [0.15, 0.2) is 0 Å². The molecule has 9 heteroatoms. The zero-order valence-electron chi connectivity index (χ0n) is 26.9. The number of quaternary nitrogens is 1. The van der Waals surface area contributed by atoms with E-state index in [9.17, 15) is 14.3 Å². The second-order valence-electron chi connectivity index (χ2n) is 12.3. The van der Waals surface area contributed by atoms with E-state index >= 15 is 0 Å². The van der Waals surface area contributed by atoms with Crippen LogP contribution in [-0.4, -0.2) is 75.4 Å². The third kappa shape index (κ3) is 29.0. The standard InChI is InChI=1S/C31H65N2O6P/c1-6-8-10-11-12-13-14-15-16-17-18-19-20-21-22-24-31(34)32-28-30(37-26-23-9-7-2)29-39-40(35,36)38-27-25-33(3,4)5/h30H,6-29H2,1-5H3,(H-,32,34,35,36)/p+1. The van der Waals surface area contributed by atoms with Crippen molar-refractivity contribution in [1.29, 1.82) is 0 Å². The molecule has 2 unspecified atom stereocenters. The number of hydrogen-bond acceptors (Lipinski definition) is 5. The van der Waals surface area contributed by atoms with Crippen molar-refractivity contribution in [1.82, 2.24) is 5.32 Å². The Hall–Kier alpha value is -0.500. The van der Waals surface area contributed by atoms with Crippen LogP contribution in [-0.2, 0) is 23.1 Å². The molecule has 1 amide bonds. The highest BCUT2D eigenvalue weighted by Crippen LogP contribution is 2.43. The van der Waals surface area contributed by atoms with E-state index in [4.69, 9.17) is 13.8 Å². The Morgan fingerprint density at radius 1 is 0.725 bits per heavy atom. The topological polar surface area (TPSA) is 94.1 Å². The number of hydrogen-bond donors (Lipinski definition) is 2. The summed E-state index contributed by atoms with van der Waals surface area (Å²) >= 11 is 0. The van der Waals surface area contributed by atoms with E-state index in [0.29, 0.717) is 24.1 Å². The largest absolute Gasteiger partial charge is 0.472 e. The molecule has 8 nitrogen and oxygen atoms in total. The molecule has 0 aromatic carbocycles. The van der Waals surface area contributed by atoms with Crippen LogP contribution in [0.1, 0.15) is 136 Å². The second kappa shape index (κ2) is 26.2. The third-order valence-corrected chi connectivity index (χ3v) is 8.06. The predicted octanol–water partition coefficient (Wildman–Crippen LogP) is 7.78. The number of ether oxygens (including phenoxy) is 1. The molecule has 0 rings (SSSR count). The Kier molecular flexibility index (Phi) is 25.8. The van der Waals surface area contributed by atoms with Crippen molar-refractivity contribution < 1.29 is 32.5 Å². The van der Waals surface area contributed by atoms with E-state index in [-0.39, 0.29) is 25.7 Å². The molecule has 2 atom stereocenters. The van der Waals surface area contributed by atoms with Crippen molar-refractivity contribution in [3.05, 3.63) is 0 Å². The van der Waals surface area contributed by atoms with Crippen molar-refractivity contribution in [2.75, 3.05) is 54.1 Å². The maximum Gasteiger partial charge on any atom is 0.472 e. The molecule has 0 aliphatic rings. The molecule has 240 valence electrons. The summed E-state index contributed by atoms with van der Waals surface area (Å²) in [6.07, 6.45) is 22.5. The minimum atomic E-state index is -4.17. The van der Waals surface area contributed by atoms with E-state index in [2.05, 4.69) is 19.2 Å². The van der Waals surface area contributed by atoms with Crippen molar-refractivity contribution in [2.45, 2.75) is 142 Å². The summed E-state index contributed by atoms with van der Waals surface area (Å²) in [6, 6.07) is 0. The van der Waals surface area contributed by atoms with Gasteiger partial charge in [0.2, 0.25) is 5.91 Å². The lowest BCUT2D eigenvalue weighted by Crippen LogP contribution is -2.37. The molecule has 0 saturated heterocycles. The molecule has 0 spiro atoms. The van der Waals surface area contributed by atoms with Crippen LogP contribution in [0.4, 0.5) is 0 Å². The number of carbonyl (C=O) groups is 1. The Morgan fingerprint density at radius 3 is 1.70 bits per heavy atom. The Labute approximate surface area is 247 Å². The maximum absolute atomic E-state index is 12.4. The molecule has 0 aromatic rings. The number of amides is 1. The number of carbonyl (C=O) groups excluding carboxylic acids is 1. The van der Waals surface area contributed by atoms with Gasteiger partial charge in [-0.05, 0) is 12.8 Å². The number of phosphoric ester groups is 1. The van der Waals surface area contributed by atoms with Gasteiger partial charge in [0.05, 0.1) is 33.9 Å². The van der Waals surface area contributed by atoms with Crippen LogP contribution in [0, 0.1) is 0 Å². The summed E-state index contributed by atoms with van der Waals surface area (Å²) in [4.78, 5) is 22.4. The van der Waals surface area contributed by atoms with Gasteiger partial charge in [-0.25, -0.2) is 4.57 Å². The molecule has 0 aromatic heterocycles. The second-order valence-corrected chi connectivity index (χ2v) is 13.8. The average Bonchev–Trinajstić information content (AvgIpc) is 2.89. The molecule has 0 fully saturated rings.